The van der Waals surface area contributed by atoms with Crippen LogP contribution in [-0.4, -0.2) is 6.16 Å². The SMILES string of the molecule is O=P1(c2ccccc2)C=C(c2ccccc2)CC1. The average Bonchev–Trinajstić information content (AvgIpc) is 2.85. The second-order valence-electron chi connectivity index (χ2n) is 4.63. The maximum atomic E-state index is 12.9. The van der Waals surface area contributed by atoms with Gasteiger partial charge in [-0.1, -0.05) is 60.7 Å². The summed E-state index contributed by atoms with van der Waals surface area (Å²) in [6.45, 7) is 0. The van der Waals surface area contributed by atoms with Crippen molar-refractivity contribution < 1.29 is 4.57 Å². The summed E-state index contributed by atoms with van der Waals surface area (Å²) < 4.78 is 12.9. The lowest BCUT2D eigenvalue weighted by atomic mass is 10.1. The van der Waals surface area contributed by atoms with Crippen molar-refractivity contribution in [2.45, 2.75) is 6.42 Å². The van der Waals surface area contributed by atoms with Crippen LogP contribution in [0, 0.1) is 0 Å². The molecule has 90 valence electrons. The number of benzene rings is 2. The topological polar surface area (TPSA) is 17.1 Å². The summed E-state index contributed by atoms with van der Waals surface area (Å²) in [6, 6.07) is 20.1. The fraction of sp³-hybridized carbons (Fsp3) is 0.125. The van der Waals surface area contributed by atoms with Gasteiger partial charge in [0.15, 0.2) is 0 Å². The van der Waals surface area contributed by atoms with Crippen LogP contribution in [0.5, 0.6) is 0 Å². The van der Waals surface area contributed by atoms with Gasteiger partial charge in [0.1, 0.15) is 7.14 Å². The Morgan fingerprint density at radius 1 is 0.833 bits per heavy atom. The molecule has 0 fully saturated rings. The first-order valence-corrected chi connectivity index (χ1v) is 8.16. The highest BCUT2D eigenvalue weighted by atomic mass is 31.2. The first-order chi connectivity index (χ1) is 8.78. The van der Waals surface area contributed by atoms with E-state index in [1.165, 1.54) is 11.1 Å². The lowest BCUT2D eigenvalue weighted by Gasteiger charge is -2.08. The monoisotopic (exact) mass is 254 g/mol. The van der Waals surface area contributed by atoms with Crippen molar-refractivity contribution in [3.63, 3.8) is 0 Å². The molecule has 2 aromatic carbocycles. The van der Waals surface area contributed by atoms with Crippen LogP contribution in [0.3, 0.4) is 0 Å². The van der Waals surface area contributed by atoms with Crippen LogP contribution in [0.1, 0.15) is 12.0 Å². The molecule has 1 aliphatic heterocycles. The Balaban J connectivity index is 1.99. The average molecular weight is 254 g/mol. The van der Waals surface area contributed by atoms with E-state index in [4.69, 9.17) is 0 Å². The molecule has 0 N–H and O–H groups in total. The molecule has 0 saturated heterocycles. The van der Waals surface area contributed by atoms with Gasteiger partial charge in [-0.3, -0.25) is 0 Å². The quantitative estimate of drug-likeness (QED) is 0.737. The van der Waals surface area contributed by atoms with Crippen LogP contribution in [-0.2, 0) is 4.57 Å². The van der Waals surface area contributed by atoms with Crippen molar-refractivity contribution in [3.8, 4) is 0 Å². The predicted octanol–water partition coefficient (Wildman–Crippen LogP) is 4.12. The Kier molecular flexibility index (Phi) is 2.93. The van der Waals surface area contributed by atoms with Crippen molar-refractivity contribution in [1.82, 2.24) is 0 Å². The lowest BCUT2D eigenvalue weighted by molar-refractivity contribution is 0.587. The van der Waals surface area contributed by atoms with E-state index < -0.39 is 7.14 Å². The van der Waals surface area contributed by atoms with Gasteiger partial charge >= 0.3 is 0 Å². The Bertz CT molecular complexity index is 614. The lowest BCUT2D eigenvalue weighted by Crippen LogP contribution is -2.01. The van der Waals surface area contributed by atoms with E-state index in [1.807, 2.05) is 54.3 Å². The highest BCUT2D eigenvalue weighted by Crippen LogP contribution is 2.55. The van der Waals surface area contributed by atoms with Crippen LogP contribution in [0.15, 0.2) is 66.5 Å². The molecule has 1 aliphatic rings. The van der Waals surface area contributed by atoms with E-state index >= 15 is 0 Å². The molecule has 1 heterocycles. The normalized spacial score (nSPS) is 22.8. The molecule has 0 aromatic heterocycles. The van der Waals surface area contributed by atoms with Gasteiger partial charge in [-0.2, -0.15) is 0 Å². The van der Waals surface area contributed by atoms with E-state index in [0.29, 0.717) is 0 Å². The minimum absolute atomic E-state index is 0.765. The van der Waals surface area contributed by atoms with Crippen LogP contribution >= 0.6 is 7.14 Å². The van der Waals surface area contributed by atoms with Gasteiger partial charge < -0.3 is 4.57 Å². The summed E-state index contributed by atoms with van der Waals surface area (Å²) in [6.07, 6.45) is 1.68. The molecule has 2 aromatic rings. The molecule has 0 radical (unpaired) electrons. The van der Waals surface area contributed by atoms with Gasteiger partial charge in [-0.25, -0.2) is 0 Å². The van der Waals surface area contributed by atoms with Gasteiger partial charge in [0.05, 0.1) is 0 Å². The highest BCUT2D eigenvalue weighted by Gasteiger charge is 2.28. The summed E-state index contributed by atoms with van der Waals surface area (Å²) >= 11 is 0. The van der Waals surface area contributed by atoms with E-state index in [2.05, 4.69) is 12.1 Å². The van der Waals surface area contributed by atoms with Crippen molar-refractivity contribution in [2.24, 2.45) is 0 Å². The van der Waals surface area contributed by atoms with Gasteiger partial charge in [-0.15, -0.1) is 0 Å². The zero-order chi connectivity index (χ0) is 12.4. The summed E-state index contributed by atoms with van der Waals surface area (Å²) in [4.78, 5) is 0. The second kappa shape index (κ2) is 4.59. The zero-order valence-electron chi connectivity index (χ0n) is 10.1. The van der Waals surface area contributed by atoms with E-state index in [1.54, 1.807) is 0 Å². The molecular weight excluding hydrogens is 239 g/mol. The van der Waals surface area contributed by atoms with E-state index in [9.17, 15) is 4.57 Å². The molecule has 2 heteroatoms. The van der Waals surface area contributed by atoms with E-state index in [-0.39, 0.29) is 0 Å². The molecular formula is C16H15OP. The summed E-state index contributed by atoms with van der Waals surface area (Å²) in [5.41, 5.74) is 2.42. The predicted molar refractivity (Wildman–Crippen MR) is 77.6 cm³/mol. The number of rotatable bonds is 2. The highest BCUT2D eigenvalue weighted by molar-refractivity contribution is 7.75. The fourth-order valence-electron chi connectivity index (χ4n) is 2.42. The molecule has 3 rings (SSSR count). The Hall–Kier alpha value is -1.59. The number of hydrogen-bond donors (Lipinski definition) is 0. The summed E-state index contributed by atoms with van der Waals surface area (Å²) in [5.74, 6) is 2.01. The van der Waals surface area contributed by atoms with Gasteiger partial charge in [0, 0.05) is 11.5 Å². The van der Waals surface area contributed by atoms with Crippen molar-refractivity contribution >= 4 is 18.0 Å². The standard InChI is InChI=1S/C16H15OP/c17-18(16-9-5-2-6-10-16)12-11-15(13-18)14-7-3-1-4-8-14/h1-10,13H,11-12H2. The van der Waals surface area contributed by atoms with Crippen molar-refractivity contribution in [2.75, 3.05) is 6.16 Å². The summed E-state index contributed by atoms with van der Waals surface area (Å²) in [7, 11) is -2.31. The molecule has 0 aliphatic carbocycles. The van der Waals surface area contributed by atoms with Crippen LogP contribution in [0.25, 0.3) is 5.57 Å². The maximum absolute atomic E-state index is 12.9. The molecule has 0 bridgehead atoms. The smallest absolute Gasteiger partial charge is 0.137 e. The van der Waals surface area contributed by atoms with Gasteiger partial charge in [0.25, 0.3) is 0 Å². The minimum Gasteiger partial charge on any atom is -0.314 e. The zero-order valence-corrected chi connectivity index (χ0v) is 11.0. The Morgan fingerprint density at radius 2 is 1.44 bits per heavy atom. The van der Waals surface area contributed by atoms with Crippen LogP contribution in [0.2, 0.25) is 0 Å². The molecule has 18 heavy (non-hydrogen) atoms. The third-order valence-corrected chi connectivity index (χ3v) is 6.20. The summed E-state index contributed by atoms with van der Waals surface area (Å²) in [5, 5.41) is 0.982. The van der Waals surface area contributed by atoms with Crippen molar-refractivity contribution in [3.05, 3.63) is 72.0 Å². The Morgan fingerprint density at radius 3 is 2.11 bits per heavy atom. The third kappa shape index (κ3) is 2.07. The molecule has 1 atom stereocenters. The first-order valence-electron chi connectivity index (χ1n) is 6.19. The number of hydrogen-bond acceptors (Lipinski definition) is 1. The molecule has 1 unspecified atom stereocenters. The van der Waals surface area contributed by atoms with Gasteiger partial charge in [0.2, 0.25) is 0 Å². The molecule has 0 spiro atoms. The Labute approximate surface area is 108 Å². The fourth-order valence-corrected chi connectivity index (χ4v) is 4.99. The molecule has 0 saturated carbocycles. The van der Waals surface area contributed by atoms with E-state index in [0.717, 1.165) is 17.9 Å². The van der Waals surface area contributed by atoms with Gasteiger partial charge in [-0.05, 0) is 23.4 Å². The maximum Gasteiger partial charge on any atom is 0.137 e. The first kappa shape index (κ1) is 11.5. The number of allylic oxidation sites excluding steroid dienone is 1. The molecule has 0 amide bonds. The minimum atomic E-state index is -2.31. The second-order valence-corrected chi connectivity index (χ2v) is 7.44. The largest absolute Gasteiger partial charge is 0.314 e. The molecule has 1 nitrogen and oxygen atoms in total. The van der Waals surface area contributed by atoms with Crippen molar-refractivity contribution in [1.29, 1.82) is 0 Å². The third-order valence-electron chi connectivity index (χ3n) is 3.42. The van der Waals surface area contributed by atoms with Crippen LogP contribution in [0.4, 0.5) is 0 Å². The van der Waals surface area contributed by atoms with Crippen LogP contribution < -0.4 is 5.30 Å².